The van der Waals surface area contributed by atoms with Gasteiger partial charge in [-0.2, -0.15) is 0 Å². The molecule has 0 amide bonds. The van der Waals surface area contributed by atoms with Gasteiger partial charge in [-0.15, -0.1) is 0 Å². The zero-order valence-corrected chi connectivity index (χ0v) is 11.1. The van der Waals surface area contributed by atoms with Gasteiger partial charge < -0.3 is 14.8 Å². The molecule has 0 radical (unpaired) electrons. The Labute approximate surface area is 109 Å². The highest BCUT2D eigenvalue weighted by Gasteiger charge is 2.35. The van der Waals surface area contributed by atoms with E-state index >= 15 is 0 Å². The van der Waals surface area contributed by atoms with Crippen molar-refractivity contribution in [3.63, 3.8) is 0 Å². The van der Waals surface area contributed by atoms with Crippen molar-refractivity contribution < 1.29 is 9.47 Å². The summed E-state index contributed by atoms with van der Waals surface area (Å²) in [6, 6.07) is 0. The third-order valence-corrected chi connectivity index (χ3v) is 4.81. The van der Waals surface area contributed by atoms with Crippen molar-refractivity contribution in [1.29, 1.82) is 0 Å². The molecule has 0 aliphatic carbocycles. The largest absolute Gasteiger partial charge is 0.493 e. The van der Waals surface area contributed by atoms with Crippen LogP contribution < -0.4 is 14.8 Å². The summed E-state index contributed by atoms with van der Waals surface area (Å²) in [6.45, 7) is 3.77. The van der Waals surface area contributed by atoms with Gasteiger partial charge >= 0.3 is 0 Å². The van der Waals surface area contributed by atoms with Gasteiger partial charge in [-0.3, -0.25) is 0 Å². The van der Waals surface area contributed by atoms with Crippen molar-refractivity contribution in [2.45, 2.75) is 18.8 Å². The molecule has 0 saturated carbocycles. The molecule has 1 N–H and O–H groups in total. The van der Waals surface area contributed by atoms with Crippen LogP contribution in [-0.2, 0) is 12.8 Å². The second-order valence-electron chi connectivity index (χ2n) is 4.90. The number of nitrogens with one attached hydrogen (secondary N) is 1. The molecule has 90 valence electrons. The first-order valence-corrected chi connectivity index (χ1v) is 6.99. The number of rotatable bonds is 1. The van der Waals surface area contributed by atoms with Crippen molar-refractivity contribution in [1.82, 2.24) is 5.32 Å². The summed E-state index contributed by atoms with van der Waals surface area (Å²) < 4.78 is 12.8. The quantitative estimate of drug-likeness (QED) is 0.860. The van der Waals surface area contributed by atoms with E-state index in [2.05, 4.69) is 21.2 Å². The van der Waals surface area contributed by atoms with Gasteiger partial charge in [0.15, 0.2) is 0 Å². The topological polar surface area (TPSA) is 30.5 Å². The highest BCUT2D eigenvalue weighted by molar-refractivity contribution is 9.10. The minimum atomic E-state index is 0.616. The zero-order valence-electron chi connectivity index (χ0n) is 9.51. The summed E-state index contributed by atoms with van der Waals surface area (Å²) in [7, 11) is 0. The van der Waals surface area contributed by atoms with Crippen molar-refractivity contribution in [3.8, 4) is 11.5 Å². The molecule has 3 aliphatic heterocycles. The van der Waals surface area contributed by atoms with E-state index in [1.807, 2.05) is 0 Å². The number of halogens is 1. The third kappa shape index (κ3) is 1.31. The maximum absolute atomic E-state index is 5.88. The monoisotopic (exact) mass is 295 g/mol. The highest BCUT2D eigenvalue weighted by Crippen LogP contribution is 2.49. The van der Waals surface area contributed by atoms with E-state index in [4.69, 9.17) is 9.47 Å². The van der Waals surface area contributed by atoms with E-state index in [0.717, 1.165) is 55.1 Å². The van der Waals surface area contributed by atoms with Gasteiger partial charge in [0.2, 0.25) is 0 Å². The molecule has 4 rings (SSSR count). The fourth-order valence-corrected chi connectivity index (χ4v) is 3.74. The van der Waals surface area contributed by atoms with Crippen molar-refractivity contribution in [3.05, 3.63) is 21.2 Å². The molecule has 3 nitrogen and oxygen atoms in total. The van der Waals surface area contributed by atoms with Crippen LogP contribution in [0.2, 0.25) is 0 Å². The number of benzene rings is 1. The zero-order chi connectivity index (χ0) is 11.4. The van der Waals surface area contributed by atoms with E-state index in [9.17, 15) is 0 Å². The highest BCUT2D eigenvalue weighted by atomic mass is 79.9. The van der Waals surface area contributed by atoms with Gasteiger partial charge in [-0.05, 0) is 15.9 Å². The molecule has 3 aliphatic rings. The first-order valence-electron chi connectivity index (χ1n) is 6.19. The first-order chi connectivity index (χ1) is 8.36. The van der Waals surface area contributed by atoms with Crippen LogP contribution in [0.25, 0.3) is 0 Å². The van der Waals surface area contributed by atoms with Crippen LogP contribution in [0.4, 0.5) is 0 Å². The van der Waals surface area contributed by atoms with E-state index in [1.165, 1.54) is 16.7 Å². The third-order valence-electron chi connectivity index (χ3n) is 3.97. The van der Waals surface area contributed by atoms with E-state index in [1.54, 1.807) is 0 Å². The van der Waals surface area contributed by atoms with Gasteiger partial charge in [0.05, 0.1) is 17.7 Å². The van der Waals surface area contributed by atoms with Crippen LogP contribution in [-0.4, -0.2) is 26.3 Å². The van der Waals surface area contributed by atoms with E-state index in [-0.39, 0.29) is 0 Å². The lowest BCUT2D eigenvalue weighted by Gasteiger charge is -2.30. The Morgan fingerprint density at radius 3 is 2.41 bits per heavy atom. The van der Waals surface area contributed by atoms with Crippen LogP contribution in [0.3, 0.4) is 0 Å². The minimum Gasteiger partial charge on any atom is -0.493 e. The van der Waals surface area contributed by atoms with Crippen LogP contribution >= 0.6 is 15.9 Å². The van der Waals surface area contributed by atoms with E-state index < -0.39 is 0 Å². The summed E-state index contributed by atoms with van der Waals surface area (Å²) >= 11 is 3.69. The maximum atomic E-state index is 5.88. The lowest BCUT2D eigenvalue weighted by Crippen LogP contribution is -2.40. The summed E-state index contributed by atoms with van der Waals surface area (Å²) in [5.74, 6) is 2.84. The molecule has 3 heterocycles. The van der Waals surface area contributed by atoms with Crippen molar-refractivity contribution in [2.24, 2.45) is 0 Å². The smallest absolute Gasteiger partial charge is 0.137 e. The number of hydrogen-bond acceptors (Lipinski definition) is 3. The lowest BCUT2D eigenvalue weighted by molar-refractivity contribution is 0.342. The second-order valence-corrected chi connectivity index (χ2v) is 5.69. The van der Waals surface area contributed by atoms with Gasteiger partial charge in [-0.25, -0.2) is 0 Å². The molecule has 1 saturated heterocycles. The van der Waals surface area contributed by atoms with Crippen LogP contribution in [0.1, 0.15) is 22.6 Å². The molecular formula is C13H14BrNO2. The fourth-order valence-electron chi connectivity index (χ4n) is 3.01. The Morgan fingerprint density at radius 2 is 1.71 bits per heavy atom. The fraction of sp³-hybridized carbons (Fsp3) is 0.538. The molecule has 0 unspecified atom stereocenters. The molecule has 4 heteroatoms. The minimum absolute atomic E-state index is 0.616. The average molecular weight is 296 g/mol. The molecule has 1 aromatic carbocycles. The Hall–Kier alpha value is -0.740. The molecule has 0 aromatic heterocycles. The number of ether oxygens (including phenoxy) is 2. The van der Waals surface area contributed by atoms with Gasteiger partial charge in [0.1, 0.15) is 11.5 Å². The molecule has 1 aromatic rings. The predicted octanol–water partition coefficient (Wildman–Crippen LogP) is 2.01. The first kappa shape index (κ1) is 10.2. The molecule has 0 bridgehead atoms. The Morgan fingerprint density at radius 1 is 1.00 bits per heavy atom. The molecule has 17 heavy (non-hydrogen) atoms. The Kier molecular flexibility index (Phi) is 2.18. The SMILES string of the molecule is Brc1c2c(c(C3CNC3)c3c1OCC3)OCC2. The summed E-state index contributed by atoms with van der Waals surface area (Å²) in [5.41, 5.74) is 4.11. The summed E-state index contributed by atoms with van der Waals surface area (Å²) in [6.07, 6.45) is 2.02. The predicted molar refractivity (Wildman–Crippen MR) is 68.2 cm³/mol. The molecular weight excluding hydrogens is 282 g/mol. The molecule has 1 fully saturated rings. The molecule has 0 atom stereocenters. The van der Waals surface area contributed by atoms with Crippen LogP contribution in [0.5, 0.6) is 11.5 Å². The second kappa shape index (κ2) is 3.62. The van der Waals surface area contributed by atoms with E-state index in [0.29, 0.717) is 5.92 Å². The number of hydrogen-bond donors (Lipinski definition) is 1. The van der Waals surface area contributed by atoms with Gasteiger partial charge in [-0.1, -0.05) is 0 Å². The average Bonchev–Trinajstić information content (AvgIpc) is 2.89. The van der Waals surface area contributed by atoms with Gasteiger partial charge in [0, 0.05) is 48.5 Å². The Balaban J connectivity index is 1.98. The summed E-state index contributed by atoms with van der Waals surface area (Å²) in [5, 5.41) is 3.35. The van der Waals surface area contributed by atoms with Crippen LogP contribution in [0.15, 0.2) is 4.47 Å². The molecule has 0 spiro atoms. The number of fused-ring (bicyclic) bond motifs is 2. The van der Waals surface area contributed by atoms with Crippen molar-refractivity contribution >= 4 is 15.9 Å². The summed E-state index contributed by atoms with van der Waals surface area (Å²) in [4.78, 5) is 0. The van der Waals surface area contributed by atoms with Gasteiger partial charge in [0.25, 0.3) is 0 Å². The Bertz CT molecular complexity index is 462. The standard InChI is InChI=1S/C13H14BrNO2/c14-11-9-2-4-16-12(9)10(7-5-15-6-7)8-1-3-17-13(8)11/h7,15H,1-6H2. The normalized spacial score (nSPS) is 21.5. The van der Waals surface area contributed by atoms with Crippen molar-refractivity contribution in [2.75, 3.05) is 26.3 Å². The maximum Gasteiger partial charge on any atom is 0.137 e. The van der Waals surface area contributed by atoms with Crippen LogP contribution in [0, 0.1) is 0 Å². The lowest BCUT2D eigenvalue weighted by atomic mass is 9.86.